The van der Waals surface area contributed by atoms with Crippen molar-refractivity contribution < 1.29 is 13.9 Å². The van der Waals surface area contributed by atoms with E-state index in [0.717, 1.165) is 13.0 Å². The van der Waals surface area contributed by atoms with Gasteiger partial charge in [-0.05, 0) is 58.2 Å². The lowest BCUT2D eigenvalue weighted by Gasteiger charge is -2.29. The molecule has 1 aliphatic heterocycles. The van der Waals surface area contributed by atoms with Crippen LogP contribution in [0.4, 0.5) is 8.78 Å². The number of hydrogen-bond donors (Lipinski definition) is 1. The Labute approximate surface area is 119 Å². The van der Waals surface area contributed by atoms with Gasteiger partial charge in [0.15, 0.2) is 0 Å². The maximum atomic E-state index is 14.3. The number of rotatable bonds is 2. The molecule has 1 fully saturated rings. The first kappa shape index (κ1) is 15.4. The summed E-state index contributed by atoms with van der Waals surface area (Å²) >= 11 is 0. The maximum Gasteiger partial charge on any atom is 0.135 e. The molecule has 0 spiro atoms. The summed E-state index contributed by atoms with van der Waals surface area (Å²) in [4.78, 5) is 2.24. The molecule has 2 nitrogen and oxygen atoms in total. The molecule has 112 valence electrons. The predicted molar refractivity (Wildman–Crippen MR) is 75.6 cm³/mol. The van der Waals surface area contributed by atoms with Gasteiger partial charge in [0, 0.05) is 12.6 Å². The van der Waals surface area contributed by atoms with Crippen LogP contribution < -0.4 is 0 Å². The normalized spacial score (nSPS) is 24.9. The number of aryl methyl sites for hydroxylation is 1. The summed E-state index contributed by atoms with van der Waals surface area (Å²) in [6, 6.07) is 3.04. The third-order valence-electron chi connectivity index (χ3n) is 4.33. The van der Waals surface area contributed by atoms with Crippen LogP contribution in [-0.2, 0) is 5.60 Å². The van der Waals surface area contributed by atoms with Gasteiger partial charge in [0.2, 0.25) is 0 Å². The minimum Gasteiger partial charge on any atom is -0.385 e. The van der Waals surface area contributed by atoms with Crippen LogP contribution >= 0.6 is 0 Å². The highest BCUT2D eigenvalue weighted by Gasteiger charge is 2.37. The van der Waals surface area contributed by atoms with Crippen molar-refractivity contribution in [1.29, 1.82) is 0 Å². The standard InChI is InChI=1S/C16H23F2NO/c1-11(2)19-9-4-7-16(20,8-10-19)14-13(17)6-5-12(3)15(14)18/h5-6,11,20H,4,7-10H2,1-3H3. The van der Waals surface area contributed by atoms with Crippen LogP contribution in [0.3, 0.4) is 0 Å². The molecule has 0 radical (unpaired) electrons. The highest BCUT2D eigenvalue weighted by Crippen LogP contribution is 2.37. The zero-order valence-electron chi connectivity index (χ0n) is 12.4. The summed E-state index contributed by atoms with van der Waals surface area (Å²) < 4.78 is 28.3. The molecule has 0 bridgehead atoms. The first-order valence-electron chi connectivity index (χ1n) is 7.26. The minimum atomic E-state index is -1.40. The molecule has 0 aromatic heterocycles. The van der Waals surface area contributed by atoms with Crippen molar-refractivity contribution in [2.45, 2.75) is 51.7 Å². The number of likely N-dealkylation sites (tertiary alicyclic amines) is 1. The van der Waals surface area contributed by atoms with Gasteiger partial charge in [-0.2, -0.15) is 0 Å². The highest BCUT2D eigenvalue weighted by molar-refractivity contribution is 5.31. The van der Waals surface area contributed by atoms with Crippen molar-refractivity contribution >= 4 is 0 Å². The van der Waals surface area contributed by atoms with Gasteiger partial charge in [0.1, 0.15) is 11.6 Å². The summed E-state index contributed by atoms with van der Waals surface area (Å²) in [5, 5.41) is 10.8. The van der Waals surface area contributed by atoms with E-state index in [1.54, 1.807) is 6.92 Å². The van der Waals surface area contributed by atoms with E-state index in [9.17, 15) is 13.9 Å². The van der Waals surface area contributed by atoms with Crippen LogP contribution in [0, 0.1) is 18.6 Å². The molecule has 1 N–H and O–H groups in total. The monoisotopic (exact) mass is 283 g/mol. The van der Waals surface area contributed by atoms with Crippen molar-refractivity contribution in [3.05, 3.63) is 34.9 Å². The number of nitrogens with zero attached hydrogens (tertiary/aromatic N) is 1. The molecule has 1 aromatic carbocycles. The van der Waals surface area contributed by atoms with Gasteiger partial charge in [-0.3, -0.25) is 0 Å². The van der Waals surface area contributed by atoms with Crippen LogP contribution in [0.5, 0.6) is 0 Å². The van der Waals surface area contributed by atoms with Crippen LogP contribution in [0.15, 0.2) is 12.1 Å². The SMILES string of the molecule is Cc1ccc(F)c(C2(O)CCCN(C(C)C)CC2)c1F. The van der Waals surface area contributed by atoms with Gasteiger partial charge in [-0.1, -0.05) is 6.07 Å². The first-order valence-corrected chi connectivity index (χ1v) is 7.26. The van der Waals surface area contributed by atoms with Crippen molar-refractivity contribution in [3.63, 3.8) is 0 Å². The van der Waals surface area contributed by atoms with Gasteiger partial charge < -0.3 is 10.0 Å². The average molecular weight is 283 g/mol. The van der Waals surface area contributed by atoms with Crippen LogP contribution in [0.2, 0.25) is 0 Å². The Morgan fingerprint density at radius 1 is 1.20 bits per heavy atom. The topological polar surface area (TPSA) is 23.5 Å². The van der Waals surface area contributed by atoms with E-state index in [-0.39, 0.29) is 5.56 Å². The summed E-state index contributed by atoms with van der Waals surface area (Å²) in [6.45, 7) is 7.30. The fraction of sp³-hybridized carbons (Fsp3) is 0.625. The van der Waals surface area contributed by atoms with E-state index in [1.165, 1.54) is 12.1 Å². The molecule has 2 rings (SSSR count). The van der Waals surface area contributed by atoms with E-state index >= 15 is 0 Å². The molecular weight excluding hydrogens is 260 g/mol. The second kappa shape index (κ2) is 5.78. The molecule has 1 atom stereocenters. The third kappa shape index (κ3) is 2.86. The van der Waals surface area contributed by atoms with Crippen molar-refractivity contribution in [2.24, 2.45) is 0 Å². The second-order valence-corrected chi connectivity index (χ2v) is 6.07. The quantitative estimate of drug-likeness (QED) is 0.899. The van der Waals surface area contributed by atoms with E-state index < -0.39 is 17.2 Å². The molecule has 20 heavy (non-hydrogen) atoms. The molecule has 1 aromatic rings. The predicted octanol–water partition coefficient (Wildman–Crippen LogP) is 3.36. The first-order chi connectivity index (χ1) is 9.35. The van der Waals surface area contributed by atoms with E-state index in [4.69, 9.17) is 0 Å². The molecule has 4 heteroatoms. The lowest BCUT2D eigenvalue weighted by atomic mass is 9.85. The van der Waals surface area contributed by atoms with Crippen molar-refractivity contribution in [3.8, 4) is 0 Å². The smallest absolute Gasteiger partial charge is 0.135 e. The fourth-order valence-corrected chi connectivity index (χ4v) is 2.99. The summed E-state index contributed by atoms with van der Waals surface area (Å²) in [6.07, 6.45) is 1.50. The molecular formula is C16H23F2NO. The average Bonchev–Trinajstić information content (AvgIpc) is 2.57. The van der Waals surface area contributed by atoms with Crippen molar-refractivity contribution in [1.82, 2.24) is 4.90 Å². The van der Waals surface area contributed by atoms with Gasteiger partial charge >= 0.3 is 0 Å². The van der Waals surface area contributed by atoms with Gasteiger partial charge in [0.25, 0.3) is 0 Å². The zero-order valence-corrected chi connectivity index (χ0v) is 12.4. The lowest BCUT2D eigenvalue weighted by Crippen LogP contribution is -2.34. The van der Waals surface area contributed by atoms with Crippen LogP contribution in [0.1, 0.15) is 44.2 Å². The fourth-order valence-electron chi connectivity index (χ4n) is 2.99. The Balaban J connectivity index is 2.34. The molecule has 1 aliphatic rings. The molecule has 0 saturated carbocycles. The molecule has 1 unspecified atom stereocenters. The Kier molecular flexibility index (Phi) is 4.45. The number of hydrogen-bond acceptors (Lipinski definition) is 2. The maximum absolute atomic E-state index is 14.3. The molecule has 1 heterocycles. The Morgan fingerprint density at radius 3 is 2.55 bits per heavy atom. The second-order valence-electron chi connectivity index (χ2n) is 6.07. The van der Waals surface area contributed by atoms with Gasteiger partial charge in [-0.25, -0.2) is 8.78 Å². The largest absolute Gasteiger partial charge is 0.385 e. The van der Waals surface area contributed by atoms with Crippen molar-refractivity contribution in [2.75, 3.05) is 13.1 Å². The molecule has 0 aliphatic carbocycles. The van der Waals surface area contributed by atoms with Crippen LogP contribution in [-0.4, -0.2) is 29.1 Å². The summed E-state index contributed by atoms with van der Waals surface area (Å²) in [5.41, 5.74) is -1.17. The Bertz CT molecular complexity index is 490. The van der Waals surface area contributed by atoms with Gasteiger partial charge in [-0.15, -0.1) is 0 Å². The zero-order chi connectivity index (χ0) is 14.9. The minimum absolute atomic E-state index is 0.150. The summed E-state index contributed by atoms with van der Waals surface area (Å²) in [7, 11) is 0. The van der Waals surface area contributed by atoms with E-state index in [1.807, 2.05) is 0 Å². The van der Waals surface area contributed by atoms with E-state index in [0.29, 0.717) is 31.0 Å². The van der Waals surface area contributed by atoms with E-state index in [2.05, 4.69) is 18.7 Å². The number of aliphatic hydroxyl groups is 1. The lowest BCUT2D eigenvalue weighted by molar-refractivity contribution is 0.0133. The number of benzene rings is 1. The number of halogens is 2. The Hall–Kier alpha value is -1.00. The highest BCUT2D eigenvalue weighted by atomic mass is 19.1. The van der Waals surface area contributed by atoms with Crippen LogP contribution in [0.25, 0.3) is 0 Å². The molecule has 0 amide bonds. The Morgan fingerprint density at radius 2 is 1.90 bits per heavy atom. The van der Waals surface area contributed by atoms with Gasteiger partial charge in [0.05, 0.1) is 11.2 Å². The summed E-state index contributed by atoms with van der Waals surface area (Å²) in [5.74, 6) is -1.25. The molecule has 1 saturated heterocycles. The third-order valence-corrected chi connectivity index (χ3v) is 4.33.